The molecule has 2 saturated carbocycles. The molecule has 2 aliphatic rings. The molecule has 306 valence electrons. The SMILES string of the molecule is CC(C)c1nccn1-c1cc(C(=O)NC(C)(C)C2CC2)cc(-c2ccc(F)cc2)c1.CCc1nccn1-c1cc(C(=O)NC(C)(C)C2CC2)cc(-c2ccc(F)cc2)c1. The summed E-state index contributed by atoms with van der Waals surface area (Å²) in [7, 11) is 0. The van der Waals surface area contributed by atoms with Crippen LogP contribution in [0.4, 0.5) is 8.78 Å². The first-order valence-corrected chi connectivity index (χ1v) is 20.6. The lowest BCUT2D eigenvalue weighted by Crippen LogP contribution is -2.45. The maximum absolute atomic E-state index is 13.4. The van der Waals surface area contributed by atoms with Gasteiger partial charge in [-0.05, 0) is 148 Å². The van der Waals surface area contributed by atoms with Gasteiger partial charge in [0.2, 0.25) is 0 Å². The molecule has 2 aromatic heterocycles. The Kier molecular flexibility index (Phi) is 11.7. The molecule has 0 unspecified atom stereocenters. The summed E-state index contributed by atoms with van der Waals surface area (Å²) in [4.78, 5) is 35.2. The molecular formula is C49H54F2N6O2. The van der Waals surface area contributed by atoms with E-state index in [1.807, 2.05) is 57.9 Å². The third kappa shape index (κ3) is 9.70. The Bertz CT molecular complexity index is 2440. The van der Waals surface area contributed by atoms with Gasteiger partial charge in [0, 0.05) is 70.7 Å². The number of carbonyl (C=O) groups excluding carboxylic acids is 2. The van der Waals surface area contributed by atoms with Gasteiger partial charge >= 0.3 is 0 Å². The summed E-state index contributed by atoms with van der Waals surface area (Å²) < 4.78 is 30.9. The molecule has 2 heterocycles. The molecule has 2 N–H and O–H groups in total. The Labute approximate surface area is 346 Å². The topological polar surface area (TPSA) is 93.8 Å². The Morgan fingerprint density at radius 3 is 1.49 bits per heavy atom. The van der Waals surface area contributed by atoms with Crippen molar-refractivity contribution in [3.8, 4) is 33.6 Å². The van der Waals surface area contributed by atoms with Gasteiger partial charge in [-0.15, -0.1) is 0 Å². The Morgan fingerprint density at radius 2 is 1.07 bits per heavy atom. The minimum atomic E-state index is -0.282. The van der Waals surface area contributed by atoms with E-state index in [0.717, 1.165) is 77.4 Å². The van der Waals surface area contributed by atoms with Crippen LogP contribution >= 0.6 is 0 Å². The number of carbonyl (C=O) groups is 2. The minimum Gasteiger partial charge on any atom is -0.347 e. The highest BCUT2D eigenvalue weighted by Gasteiger charge is 2.40. The van der Waals surface area contributed by atoms with E-state index in [2.05, 4.69) is 69.1 Å². The van der Waals surface area contributed by atoms with Crippen LogP contribution < -0.4 is 10.6 Å². The van der Waals surface area contributed by atoms with E-state index in [0.29, 0.717) is 23.0 Å². The normalized spacial score (nSPS) is 14.1. The number of imidazole rings is 2. The van der Waals surface area contributed by atoms with Crippen LogP contribution in [0.2, 0.25) is 0 Å². The number of nitrogens with zero attached hydrogens (tertiary/aromatic N) is 4. The highest BCUT2D eigenvalue weighted by atomic mass is 19.1. The average molecular weight is 797 g/mol. The Balaban J connectivity index is 0.000000179. The molecule has 8 rings (SSSR count). The van der Waals surface area contributed by atoms with E-state index in [4.69, 9.17) is 0 Å². The van der Waals surface area contributed by atoms with E-state index >= 15 is 0 Å². The summed E-state index contributed by atoms with van der Waals surface area (Å²) in [5.74, 6) is 2.40. The molecule has 0 spiro atoms. The minimum absolute atomic E-state index is 0.0923. The molecule has 8 nitrogen and oxygen atoms in total. The maximum Gasteiger partial charge on any atom is 0.251 e. The van der Waals surface area contributed by atoms with Gasteiger partial charge in [0.05, 0.1) is 0 Å². The molecule has 2 aliphatic carbocycles. The highest BCUT2D eigenvalue weighted by Crippen LogP contribution is 2.40. The number of hydrogen-bond acceptors (Lipinski definition) is 4. The molecule has 0 saturated heterocycles. The van der Waals surface area contributed by atoms with Crippen molar-refractivity contribution in [2.45, 2.75) is 97.6 Å². The van der Waals surface area contributed by atoms with Crippen LogP contribution in [0.25, 0.3) is 33.6 Å². The molecular weight excluding hydrogens is 743 g/mol. The molecule has 0 atom stereocenters. The van der Waals surface area contributed by atoms with Gasteiger partial charge in [-0.2, -0.15) is 0 Å². The number of nitrogens with one attached hydrogen (secondary N) is 2. The maximum atomic E-state index is 13.4. The zero-order valence-corrected chi connectivity index (χ0v) is 35.0. The summed E-state index contributed by atoms with van der Waals surface area (Å²) in [5, 5.41) is 6.41. The van der Waals surface area contributed by atoms with E-state index in [1.54, 1.807) is 36.7 Å². The summed E-state index contributed by atoms with van der Waals surface area (Å²) in [5.41, 5.74) is 5.91. The molecule has 4 aromatic carbocycles. The third-order valence-corrected chi connectivity index (χ3v) is 11.6. The van der Waals surface area contributed by atoms with Gasteiger partial charge < -0.3 is 19.8 Å². The van der Waals surface area contributed by atoms with Crippen molar-refractivity contribution in [2.24, 2.45) is 11.8 Å². The monoisotopic (exact) mass is 796 g/mol. The van der Waals surface area contributed by atoms with Crippen LogP contribution in [0, 0.1) is 23.5 Å². The number of hydrogen-bond donors (Lipinski definition) is 2. The Morgan fingerprint density at radius 1 is 0.644 bits per heavy atom. The average Bonchev–Trinajstić information content (AvgIpc) is 4.15. The summed E-state index contributed by atoms with van der Waals surface area (Å²) in [6.45, 7) is 14.6. The number of aryl methyl sites for hydroxylation is 1. The first-order chi connectivity index (χ1) is 28.1. The van der Waals surface area contributed by atoms with Crippen molar-refractivity contribution in [2.75, 3.05) is 0 Å². The van der Waals surface area contributed by atoms with Gasteiger partial charge in [0.1, 0.15) is 23.3 Å². The van der Waals surface area contributed by atoms with Crippen LogP contribution in [-0.4, -0.2) is 42.0 Å². The lowest BCUT2D eigenvalue weighted by molar-refractivity contribution is 0.0894. The van der Waals surface area contributed by atoms with Crippen molar-refractivity contribution in [3.63, 3.8) is 0 Å². The molecule has 2 fully saturated rings. The van der Waals surface area contributed by atoms with Gasteiger partial charge in [0.25, 0.3) is 11.8 Å². The first kappa shape index (κ1) is 41.3. The molecule has 2 amide bonds. The standard InChI is InChI=1S/C25H28FN3O.C24H26FN3O/c1-16(2)23-27-11-12-29(23)22-14-18(17-5-9-21(26)10-6-17)13-19(15-22)24(30)28-25(3,4)20-7-8-20;1-4-22-26-11-12-28(22)21-14-17(16-5-9-20(25)10-6-16)13-18(15-21)23(29)27-24(2,3)19-7-8-19/h5-6,9-16,20H,7-8H2,1-4H3,(H,28,30);5-6,9-15,19H,4,7-8H2,1-3H3,(H,27,29). The van der Waals surface area contributed by atoms with E-state index in [9.17, 15) is 18.4 Å². The van der Waals surface area contributed by atoms with E-state index < -0.39 is 0 Å². The van der Waals surface area contributed by atoms with Crippen LogP contribution in [-0.2, 0) is 6.42 Å². The second kappa shape index (κ2) is 16.8. The fraction of sp³-hybridized carbons (Fsp3) is 0.347. The van der Waals surface area contributed by atoms with Crippen molar-refractivity contribution in [1.82, 2.24) is 29.7 Å². The molecule has 6 aromatic rings. The molecule has 59 heavy (non-hydrogen) atoms. The summed E-state index contributed by atoms with van der Waals surface area (Å²) >= 11 is 0. The lowest BCUT2D eigenvalue weighted by atomic mass is 9.97. The van der Waals surface area contributed by atoms with Crippen molar-refractivity contribution in [1.29, 1.82) is 0 Å². The zero-order chi connectivity index (χ0) is 42.1. The number of rotatable bonds is 12. The quantitative estimate of drug-likeness (QED) is 0.129. The fourth-order valence-corrected chi connectivity index (χ4v) is 7.72. The summed E-state index contributed by atoms with van der Waals surface area (Å²) in [6, 6.07) is 24.3. The lowest BCUT2D eigenvalue weighted by Gasteiger charge is -2.26. The van der Waals surface area contributed by atoms with Gasteiger partial charge in [0.15, 0.2) is 0 Å². The van der Waals surface area contributed by atoms with Crippen molar-refractivity contribution < 1.29 is 18.4 Å². The van der Waals surface area contributed by atoms with Crippen LogP contribution in [0.5, 0.6) is 0 Å². The van der Waals surface area contributed by atoms with E-state index in [1.165, 1.54) is 24.3 Å². The second-order valence-electron chi connectivity index (χ2n) is 17.3. The summed E-state index contributed by atoms with van der Waals surface area (Å²) in [6.07, 6.45) is 12.8. The number of halogens is 2. The van der Waals surface area contributed by atoms with Crippen LogP contribution in [0.1, 0.15) is 112 Å². The highest BCUT2D eigenvalue weighted by molar-refractivity contribution is 5.97. The smallest absolute Gasteiger partial charge is 0.251 e. The molecule has 0 radical (unpaired) electrons. The van der Waals surface area contributed by atoms with Gasteiger partial charge in [-0.1, -0.05) is 45.0 Å². The first-order valence-electron chi connectivity index (χ1n) is 20.6. The number of benzene rings is 4. The predicted octanol–water partition coefficient (Wildman–Crippen LogP) is 10.9. The molecule has 0 aliphatic heterocycles. The van der Waals surface area contributed by atoms with Crippen LogP contribution in [0.3, 0.4) is 0 Å². The van der Waals surface area contributed by atoms with Gasteiger partial charge in [-0.3, -0.25) is 9.59 Å². The second-order valence-corrected chi connectivity index (χ2v) is 17.3. The number of amides is 2. The largest absolute Gasteiger partial charge is 0.347 e. The molecule has 0 bridgehead atoms. The third-order valence-electron chi connectivity index (χ3n) is 11.6. The van der Waals surface area contributed by atoms with E-state index in [-0.39, 0.29) is 40.4 Å². The van der Waals surface area contributed by atoms with Crippen LogP contribution in [0.15, 0.2) is 110 Å². The van der Waals surface area contributed by atoms with Gasteiger partial charge in [-0.25, -0.2) is 18.7 Å². The fourth-order valence-electron chi connectivity index (χ4n) is 7.72. The Hall–Kier alpha value is -5.90. The van der Waals surface area contributed by atoms with Crippen molar-refractivity contribution in [3.05, 3.63) is 144 Å². The number of aromatic nitrogens is 4. The van der Waals surface area contributed by atoms with Crippen molar-refractivity contribution >= 4 is 11.8 Å². The predicted molar refractivity (Wildman–Crippen MR) is 230 cm³/mol. The molecule has 10 heteroatoms. The zero-order valence-electron chi connectivity index (χ0n) is 35.0.